The van der Waals surface area contributed by atoms with Crippen LogP contribution in [0.15, 0.2) is 10.9 Å². The molecule has 0 aliphatic heterocycles. The third-order valence-corrected chi connectivity index (χ3v) is 2.19. The predicted octanol–water partition coefficient (Wildman–Crippen LogP) is 0.991. The quantitative estimate of drug-likeness (QED) is 0.488. The minimum absolute atomic E-state index is 0.109. The maximum Gasteiger partial charge on any atom is 0.213 e. The van der Waals surface area contributed by atoms with Crippen LogP contribution in [0.4, 0.5) is 0 Å². The second-order valence-corrected chi connectivity index (χ2v) is 3.48. The van der Waals surface area contributed by atoms with Crippen LogP contribution in [0.1, 0.15) is 26.1 Å². The summed E-state index contributed by atoms with van der Waals surface area (Å²) in [6.45, 7) is 6.96. The van der Waals surface area contributed by atoms with Crippen LogP contribution in [-0.2, 0) is 15.9 Å². The lowest BCUT2D eigenvalue weighted by Gasteiger charge is -2.16. The molecule has 6 nitrogen and oxygen atoms in total. The fraction of sp³-hybridized carbons (Fsp3) is 0.818. The van der Waals surface area contributed by atoms with Gasteiger partial charge in [0.25, 0.3) is 0 Å². The van der Waals surface area contributed by atoms with Gasteiger partial charge in [-0.25, -0.2) is 0 Å². The molecule has 0 fully saturated rings. The summed E-state index contributed by atoms with van der Waals surface area (Å²) >= 11 is 0. The van der Waals surface area contributed by atoms with Crippen LogP contribution in [0.25, 0.3) is 0 Å². The molecule has 1 aromatic rings. The van der Waals surface area contributed by atoms with Crippen LogP contribution >= 0.6 is 0 Å². The molecule has 1 aromatic heterocycles. The van der Waals surface area contributed by atoms with Gasteiger partial charge in [-0.3, -0.25) is 0 Å². The van der Waals surface area contributed by atoms with Crippen molar-refractivity contribution >= 4 is 0 Å². The number of hydrogen-bond acceptors (Lipinski definition) is 6. The molecule has 0 radical (unpaired) electrons. The Bertz CT molecular complexity index is 261. The van der Waals surface area contributed by atoms with Gasteiger partial charge in [-0.05, 0) is 20.4 Å². The predicted molar refractivity (Wildman–Crippen MR) is 62.5 cm³/mol. The van der Waals surface area contributed by atoms with Gasteiger partial charge in [0.2, 0.25) is 6.39 Å². The summed E-state index contributed by atoms with van der Waals surface area (Å²) in [4.78, 5) is 3.94. The third-order valence-electron chi connectivity index (χ3n) is 2.19. The lowest BCUT2D eigenvalue weighted by atomic mass is 10.3. The Labute approximate surface area is 102 Å². The van der Waals surface area contributed by atoms with Gasteiger partial charge in [-0.1, -0.05) is 5.16 Å². The van der Waals surface area contributed by atoms with Crippen molar-refractivity contribution in [2.24, 2.45) is 0 Å². The molecule has 0 bridgehead atoms. The zero-order chi connectivity index (χ0) is 12.3. The second-order valence-electron chi connectivity index (χ2n) is 3.48. The lowest BCUT2D eigenvalue weighted by Crippen LogP contribution is -2.26. The van der Waals surface area contributed by atoms with Gasteiger partial charge in [0.05, 0.1) is 0 Å². The molecular weight excluding hydrogens is 222 g/mol. The number of ether oxygens (including phenoxy) is 2. The molecule has 6 heteroatoms. The third kappa shape index (κ3) is 6.35. The Morgan fingerprint density at radius 1 is 1.29 bits per heavy atom. The highest BCUT2D eigenvalue weighted by molar-refractivity contribution is 4.78. The largest absolute Gasteiger partial charge is 0.353 e. The van der Waals surface area contributed by atoms with Crippen molar-refractivity contribution < 1.29 is 14.0 Å². The Hall–Kier alpha value is -0.980. The summed E-state index contributed by atoms with van der Waals surface area (Å²) in [6, 6.07) is 0. The summed E-state index contributed by atoms with van der Waals surface area (Å²) in [5, 5.41) is 7.02. The van der Waals surface area contributed by atoms with E-state index in [-0.39, 0.29) is 6.29 Å². The van der Waals surface area contributed by atoms with E-state index in [0.29, 0.717) is 13.2 Å². The van der Waals surface area contributed by atoms with Crippen molar-refractivity contribution in [1.29, 1.82) is 0 Å². The molecule has 0 unspecified atom stereocenters. The zero-order valence-corrected chi connectivity index (χ0v) is 10.5. The van der Waals surface area contributed by atoms with E-state index >= 15 is 0 Å². The van der Waals surface area contributed by atoms with Crippen LogP contribution in [0.3, 0.4) is 0 Å². The Morgan fingerprint density at radius 2 is 2.06 bits per heavy atom. The topological polar surface area (TPSA) is 69.4 Å². The minimum Gasteiger partial charge on any atom is -0.353 e. The minimum atomic E-state index is -0.109. The van der Waals surface area contributed by atoms with E-state index in [1.54, 1.807) is 0 Å². The van der Waals surface area contributed by atoms with E-state index in [1.807, 2.05) is 13.8 Å². The molecule has 0 aromatic carbocycles. The molecule has 1 N–H and O–H groups in total. The molecule has 0 atom stereocenters. The van der Waals surface area contributed by atoms with Crippen molar-refractivity contribution in [1.82, 2.24) is 15.5 Å². The summed E-state index contributed by atoms with van der Waals surface area (Å²) in [7, 11) is 0. The van der Waals surface area contributed by atoms with Crippen molar-refractivity contribution in [3.05, 3.63) is 12.2 Å². The van der Waals surface area contributed by atoms with Crippen molar-refractivity contribution in [2.45, 2.75) is 33.0 Å². The summed E-state index contributed by atoms with van der Waals surface area (Å²) in [5.41, 5.74) is 0. The van der Waals surface area contributed by atoms with Crippen molar-refractivity contribution in [3.63, 3.8) is 0 Å². The Balaban J connectivity index is 2.01. The Morgan fingerprint density at radius 3 is 2.65 bits per heavy atom. The van der Waals surface area contributed by atoms with Gasteiger partial charge in [-0.15, -0.1) is 0 Å². The van der Waals surface area contributed by atoms with Crippen LogP contribution in [0.2, 0.25) is 0 Å². The number of hydrogen-bond donors (Lipinski definition) is 1. The standard InChI is InChI=1S/C11H21N3O3/c1-3-15-11(16-4-2)6-8-12-7-5-10-13-9-17-14-10/h9,11-12H,3-8H2,1-2H3. The molecule has 0 saturated heterocycles. The van der Waals surface area contributed by atoms with E-state index in [9.17, 15) is 0 Å². The van der Waals surface area contributed by atoms with Gasteiger partial charge in [0.15, 0.2) is 12.1 Å². The van der Waals surface area contributed by atoms with Crippen LogP contribution in [0, 0.1) is 0 Å². The normalized spacial score (nSPS) is 11.2. The fourth-order valence-corrected chi connectivity index (χ4v) is 1.43. The number of nitrogens with zero attached hydrogens (tertiary/aromatic N) is 2. The molecule has 0 spiro atoms. The van der Waals surface area contributed by atoms with Crippen LogP contribution in [0.5, 0.6) is 0 Å². The number of nitrogens with one attached hydrogen (secondary N) is 1. The SMILES string of the molecule is CCOC(CCNCCc1ncon1)OCC. The van der Waals surface area contributed by atoms with E-state index in [2.05, 4.69) is 20.0 Å². The molecular formula is C11H21N3O3. The molecule has 0 saturated carbocycles. The first-order valence-electron chi connectivity index (χ1n) is 6.06. The van der Waals surface area contributed by atoms with Gasteiger partial charge >= 0.3 is 0 Å². The second kappa shape index (κ2) is 9.09. The molecule has 0 aliphatic carbocycles. The highest BCUT2D eigenvalue weighted by Gasteiger charge is 2.06. The average Bonchev–Trinajstić information content (AvgIpc) is 2.82. The van der Waals surface area contributed by atoms with Gasteiger partial charge in [-0.2, -0.15) is 4.98 Å². The molecule has 1 rings (SSSR count). The van der Waals surface area contributed by atoms with Gasteiger partial charge in [0, 0.05) is 32.6 Å². The molecule has 0 amide bonds. The summed E-state index contributed by atoms with van der Waals surface area (Å²) < 4.78 is 15.5. The maximum absolute atomic E-state index is 5.43. The maximum atomic E-state index is 5.43. The number of aromatic nitrogens is 2. The van der Waals surface area contributed by atoms with E-state index in [1.165, 1.54) is 6.39 Å². The van der Waals surface area contributed by atoms with Crippen molar-refractivity contribution in [3.8, 4) is 0 Å². The smallest absolute Gasteiger partial charge is 0.213 e. The van der Waals surface area contributed by atoms with Crippen LogP contribution < -0.4 is 5.32 Å². The zero-order valence-electron chi connectivity index (χ0n) is 10.5. The van der Waals surface area contributed by atoms with E-state index in [0.717, 1.165) is 31.8 Å². The average molecular weight is 243 g/mol. The first kappa shape index (κ1) is 14.1. The lowest BCUT2D eigenvalue weighted by molar-refractivity contribution is -0.138. The highest BCUT2D eigenvalue weighted by Crippen LogP contribution is 1.99. The van der Waals surface area contributed by atoms with Gasteiger partial charge in [0.1, 0.15) is 0 Å². The number of rotatable bonds is 10. The molecule has 17 heavy (non-hydrogen) atoms. The Kier molecular flexibility index (Phi) is 7.53. The highest BCUT2D eigenvalue weighted by atomic mass is 16.7. The van der Waals surface area contributed by atoms with E-state index < -0.39 is 0 Å². The molecule has 98 valence electrons. The summed E-state index contributed by atoms with van der Waals surface area (Å²) in [6.07, 6.45) is 2.84. The monoisotopic (exact) mass is 243 g/mol. The fourth-order valence-electron chi connectivity index (χ4n) is 1.43. The van der Waals surface area contributed by atoms with E-state index in [4.69, 9.17) is 9.47 Å². The van der Waals surface area contributed by atoms with Crippen LogP contribution in [-0.4, -0.2) is 42.7 Å². The van der Waals surface area contributed by atoms with Crippen molar-refractivity contribution in [2.75, 3.05) is 26.3 Å². The summed E-state index contributed by atoms with van der Waals surface area (Å²) in [5.74, 6) is 0.726. The first-order chi connectivity index (χ1) is 8.36. The molecule has 1 heterocycles. The van der Waals surface area contributed by atoms with Gasteiger partial charge < -0.3 is 19.3 Å². The first-order valence-corrected chi connectivity index (χ1v) is 6.06. The molecule has 0 aliphatic rings.